The molecule has 2 fully saturated rings. The molecule has 0 radical (unpaired) electrons. The summed E-state index contributed by atoms with van der Waals surface area (Å²) in [5, 5.41) is 19.3. The number of amides is 1. The number of piperidine rings is 1. The Hall–Kier alpha value is -2.15. The highest BCUT2D eigenvalue weighted by Gasteiger charge is 2.48. The minimum Gasteiger partial charge on any atom is -0.505 e. The van der Waals surface area contributed by atoms with Gasteiger partial charge in [-0.2, -0.15) is 0 Å². The number of carbonyl (C=O) groups is 2. The van der Waals surface area contributed by atoms with Crippen LogP contribution in [0.15, 0.2) is 18.3 Å². The summed E-state index contributed by atoms with van der Waals surface area (Å²) in [6, 6.07) is 2.63. The van der Waals surface area contributed by atoms with Gasteiger partial charge in [0.25, 0.3) is 5.91 Å². The Morgan fingerprint density at radius 1 is 1.36 bits per heavy atom. The molecule has 1 aromatic heterocycles. The summed E-state index contributed by atoms with van der Waals surface area (Å²) >= 11 is 0. The summed E-state index contributed by atoms with van der Waals surface area (Å²) in [6.07, 6.45) is 4.66. The third-order valence-corrected chi connectivity index (χ3v) is 5.50. The molecule has 2 aliphatic rings. The van der Waals surface area contributed by atoms with Crippen LogP contribution in [0.3, 0.4) is 0 Å². The van der Waals surface area contributed by atoms with Gasteiger partial charge in [-0.3, -0.25) is 14.5 Å². The second-order valence-electron chi connectivity index (χ2n) is 7.19. The number of likely N-dealkylation sites (tertiary alicyclic amines) is 2. The molecule has 2 saturated heterocycles. The summed E-state index contributed by atoms with van der Waals surface area (Å²) in [6.45, 7) is 4.78. The maximum absolute atomic E-state index is 12.6. The first-order valence-corrected chi connectivity index (χ1v) is 8.86. The maximum Gasteiger partial charge on any atom is 0.320 e. The molecule has 2 N–H and O–H groups in total. The first kappa shape index (κ1) is 17.7. The predicted molar refractivity (Wildman–Crippen MR) is 91.4 cm³/mol. The minimum absolute atomic E-state index is 0.0266. The molecule has 2 aliphatic heterocycles. The van der Waals surface area contributed by atoms with Crippen LogP contribution in [0.25, 0.3) is 0 Å². The SMILES string of the molecule is CCCN1CC2(CCN(C(=O)c3ncccc3O)CC2)C[C@H]1C(=O)O. The molecule has 1 spiro atoms. The molecule has 1 atom stereocenters. The quantitative estimate of drug-likeness (QED) is 0.859. The van der Waals surface area contributed by atoms with Crippen molar-refractivity contribution in [3.8, 4) is 5.75 Å². The van der Waals surface area contributed by atoms with Gasteiger partial charge < -0.3 is 15.1 Å². The van der Waals surface area contributed by atoms with Crippen molar-refractivity contribution in [1.29, 1.82) is 0 Å². The minimum atomic E-state index is -0.748. The lowest BCUT2D eigenvalue weighted by Gasteiger charge is -2.39. The molecular weight excluding hydrogens is 322 g/mol. The number of aromatic hydroxyl groups is 1. The van der Waals surface area contributed by atoms with Crippen molar-refractivity contribution in [1.82, 2.24) is 14.8 Å². The van der Waals surface area contributed by atoms with Crippen molar-refractivity contribution in [2.45, 2.75) is 38.6 Å². The van der Waals surface area contributed by atoms with Gasteiger partial charge in [-0.05, 0) is 49.8 Å². The van der Waals surface area contributed by atoms with E-state index in [1.807, 2.05) is 0 Å². The molecule has 0 unspecified atom stereocenters. The topological polar surface area (TPSA) is 94.0 Å². The Morgan fingerprint density at radius 2 is 2.08 bits per heavy atom. The smallest absolute Gasteiger partial charge is 0.320 e. The number of aromatic nitrogens is 1. The molecule has 0 aromatic carbocycles. The van der Waals surface area contributed by atoms with Crippen LogP contribution in [0.4, 0.5) is 0 Å². The lowest BCUT2D eigenvalue weighted by atomic mass is 9.76. The summed E-state index contributed by atoms with van der Waals surface area (Å²) in [5.74, 6) is -1.11. The summed E-state index contributed by atoms with van der Waals surface area (Å²) in [4.78, 5) is 31.9. The van der Waals surface area contributed by atoms with Crippen LogP contribution in [0.5, 0.6) is 5.75 Å². The monoisotopic (exact) mass is 347 g/mol. The second kappa shape index (κ2) is 7.00. The van der Waals surface area contributed by atoms with Gasteiger partial charge in [0, 0.05) is 25.8 Å². The van der Waals surface area contributed by atoms with Gasteiger partial charge in [-0.15, -0.1) is 0 Å². The molecule has 1 aromatic rings. The normalized spacial score (nSPS) is 23.1. The van der Waals surface area contributed by atoms with Crippen LogP contribution < -0.4 is 0 Å². The summed E-state index contributed by atoms with van der Waals surface area (Å²) in [7, 11) is 0. The number of hydrogen-bond donors (Lipinski definition) is 2. The van der Waals surface area contributed by atoms with E-state index >= 15 is 0 Å². The van der Waals surface area contributed by atoms with Gasteiger partial charge in [-0.25, -0.2) is 4.98 Å². The van der Waals surface area contributed by atoms with Crippen molar-refractivity contribution < 1.29 is 19.8 Å². The van der Waals surface area contributed by atoms with Crippen LogP contribution in [0.2, 0.25) is 0 Å². The zero-order chi connectivity index (χ0) is 18.0. The Morgan fingerprint density at radius 3 is 2.68 bits per heavy atom. The van der Waals surface area contributed by atoms with Crippen molar-refractivity contribution in [2.24, 2.45) is 5.41 Å². The van der Waals surface area contributed by atoms with E-state index in [0.717, 1.165) is 32.4 Å². The van der Waals surface area contributed by atoms with Gasteiger partial charge >= 0.3 is 5.97 Å². The van der Waals surface area contributed by atoms with E-state index in [1.54, 1.807) is 11.0 Å². The van der Waals surface area contributed by atoms with Crippen LogP contribution in [-0.4, -0.2) is 69.1 Å². The van der Waals surface area contributed by atoms with Crippen LogP contribution in [-0.2, 0) is 4.79 Å². The highest BCUT2D eigenvalue weighted by Crippen LogP contribution is 2.43. The van der Waals surface area contributed by atoms with Gasteiger partial charge in [0.05, 0.1) is 0 Å². The van der Waals surface area contributed by atoms with E-state index in [2.05, 4.69) is 16.8 Å². The van der Waals surface area contributed by atoms with E-state index in [9.17, 15) is 19.8 Å². The molecule has 25 heavy (non-hydrogen) atoms. The average molecular weight is 347 g/mol. The van der Waals surface area contributed by atoms with E-state index in [4.69, 9.17) is 0 Å². The molecule has 0 saturated carbocycles. The van der Waals surface area contributed by atoms with Gasteiger partial charge in [0.2, 0.25) is 0 Å². The fourth-order valence-corrected chi connectivity index (χ4v) is 4.17. The fraction of sp³-hybridized carbons (Fsp3) is 0.611. The number of carbonyl (C=O) groups excluding carboxylic acids is 1. The van der Waals surface area contributed by atoms with Gasteiger partial charge in [0.15, 0.2) is 5.69 Å². The molecule has 7 heteroatoms. The van der Waals surface area contributed by atoms with Crippen molar-refractivity contribution >= 4 is 11.9 Å². The predicted octanol–water partition coefficient (Wildman–Crippen LogP) is 1.58. The zero-order valence-corrected chi connectivity index (χ0v) is 14.5. The molecule has 3 heterocycles. The Balaban J connectivity index is 1.66. The standard InChI is InChI=1S/C18H25N3O4/c1-2-8-21-12-18(11-13(21)17(24)25)5-9-20(10-6-18)16(23)15-14(22)4-3-7-19-15/h3-4,7,13,22H,2,5-6,8-12H2,1H3,(H,24,25)/t13-/m0/s1. The number of rotatable bonds is 4. The summed E-state index contributed by atoms with van der Waals surface area (Å²) < 4.78 is 0. The van der Waals surface area contributed by atoms with E-state index in [1.165, 1.54) is 12.3 Å². The average Bonchev–Trinajstić information content (AvgIpc) is 2.94. The highest BCUT2D eigenvalue weighted by atomic mass is 16.4. The first-order valence-electron chi connectivity index (χ1n) is 8.86. The highest BCUT2D eigenvalue weighted by molar-refractivity contribution is 5.94. The molecule has 0 aliphatic carbocycles. The number of pyridine rings is 1. The van der Waals surface area contributed by atoms with Crippen LogP contribution in [0.1, 0.15) is 43.1 Å². The summed E-state index contributed by atoms with van der Waals surface area (Å²) in [5.41, 5.74) is 0.0575. The maximum atomic E-state index is 12.6. The first-order chi connectivity index (χ1) is 12.0. The fourth-order valence-electron chi connectivity index (χ4n) is 4.17. The van der Waals surface area contributed by atoms with Crippen LogP contribution in [0, 0.1) is 5.41 Å². The Labute approximate surface area is 147 Å². The molecular formula is C18H25N3O4. The van der Waals surface area contributed by atoms with Gasteiger partial charge in [0.1, 0.15) is 11.8 Å². The van der Waals surface area contributed by atoms with Crippen LogP contribution >= 0.6 is 0 Å². The van der Waals surface area contributed by atoms with Gasteiger partial charge in [-0.1, -0.05) is 6.92 Å². The molecule has 7 nitrogen and oxygen atoms in total. The second-order valence-corrected chi connectivity index (χ2v) is 7.19. The third kappa shape index (κ3) is 3.46. The Kier molecular flexibility index (Phi) is 4.94. The van der Waals surface area contributed by atoms with E-state index < -0.39 is 12.0 Å². The van der Waals surface area contributed by atoms with E-state index in [0.29, 0.717) is 19.5 Å². The largest absolute Gasteiger partial charge is 0.505 e. The van der Waals surface area contributed by atoms with Crippen molar-refractivity contribution in [3.63, 3.8) is 0 Å². The third-order valence-electron chi connectivity index (χ3n) is 5.50. The lowest BCUT2D eigenvalue weighted by molar-refractivity contribution is -0.142. The zero-order valence-electron chi connectivity index (χ0n) is 14.5. The van der Waals surface area contributed by atoms with Crippen molar-refractivity contribution in [3.05, 3.63) is 24.0 Å². The number of nitrogens with zero attached hydrogens (tertiary/aromatic N) is 3. The number of hydrogen-bond acceptors (Lipinski definition) is 5. The molecule has 0 bridgehead atoms. The molecule has 1 amide bonds. The molecule has 3 rings (SSSR count). The lowest BCUT2D eigenvalue weighted by Crippen LogP contribution is -2.44. The van der Waals surface area contributed by atoms with E-state index in [-0.39, 0.29) is 22.8 Å². The number of carboxylic acids is 1. The number of carboxylic acid groups (broad SMARTS) is 1. The van der Waals surface area contributed by atoms with Crippen molar-refractivity contribution in [2.75, 3.05) is 26.2 Å². The molecule has 136 valence electrons. The Bertz CT molecular complexity index is 655. The number of aliphatic carboxylic acids is 1.